The maximum Gasteiger partial charge on any atom is 0.573 e. The molecule has 12 heteroatoms. The van der Waals surface area contributed by atoms with Gasteiger partial charge in [0, 0.05) is 10.0 Å². The summed E-state index contributed by atoms with van der Waals surface area (Å²) in [6.45, 7) is 2.87. The number of hydroxylamine groups is 1. The number of rotatable bonds is 9. The molecule has 2 aromatic carbocycles. The van der Waals surface area contributed by atoms with Gasteiger partial charge in [-0.15, -0.1) is 13.2 Å². The van der Waals surface area contributed by atoms with Crippen LogP contribution in [0, 0.1) is 12.7 Å². The maximum absolute atomic E-state index is 14.4. The molecule has 0 bridgehead atoms. The van der Waals surface area contributed by atoms with E-state index >= 15 is 0 Å². The fourth-order valence-electron chi connectivity index (χ4n) is 3.01. The van der Waals surface area contributed by atoms with Crippen molar-refractivity contribution in [3.05, 3.63) is 62.9 Å². The lowest BCUT2D eigenvalue weighted by molar-refractivity contribution is -0.274. The van der Waals surface area contributed by atoms with Crippen LogP contribution in [0.5, 0.6) is 5.75 Å². The van der Waals surface area contributed by atoms with Gasteiger partial charge in [-0.05, 0) is 37.1 Å². The number of aryl methyl sites for hydroxylation is 1. The van der Waals surface area contributed by atoms with Crippen molar-refractivity contribution in [2.45, 2.75) is 32.9 Å². The van der Waals surface area contributed by atoms with Gasteiger partial charge < -0.3 is 19.1 Å². The summed E-state index contributed by atoms with van der Waals surface area (Å²) in [6.07, 6.45) is -5.03. The van der Waals surface area contributed by atoms with Crippen molar-refractivity contribution in [2.75, 3.05) is 14.2 Å². The Kier molecular flexibility index (Phi) is 9.20. The van der Waals surface area contributed by atoms with Crippen LogP contribution in [-0.4, -0.2) is 32.3 Å². The first kappa shape index (κ1) is 26.6. The average molecular weight is 537 g/mol. The molecule has 0 heterocycles. The van der Waals surface area contributed by atoms with E-state index in [4.69, 9.17) is 14.4 Å². The van der Waals surface area contributed by atoms with E-state index in [9.17, 15) is 22.4 Å². The Bertz CT molecular complexity index is 1030. The second-order valence-electron chi connectivity index (χ2n) is 6.68. The molecule has 0 saturated carbocycles. The number of carbonyl (C=O) groups is 1. The molecule has 1 atom stereocenters. The molecular weight excluding hydrogens is 516 g/mol. The summed E-state index contributed by atoms with van der Waals surface area (Å²) in [7, 11) is 2.56. The minimum absolute atomic E-state index is 0.0563. The average Bonchev–Trinajstić information content (AvgIpc) is 2.71. The smallest absolute Gasteiger partial charge is 0.468 e. The van der Waals surface area contributed by atoms with Gasteiger partial charge in [-0.25, -0.2) is 9.18 Å². The van der Waals surface area contributed by atoms with Gasteiger partial charge >= 0.3 is 12.3 Å². The number of nitrogens with zero attached hydrogens (tertiary/aromatic N) is 1. The molecule has 0 radical (unpaired) electrons. The molecule has 0 aromatic heterocycles. The van der Waals surface area contributed by atoms with Crippen LogP contribution < -0.4 is 10.2 Å². The van der Waals surface area contributed by atoms with Crippen LogP contribution >= 0.6 is 15.9 Å². The third kappa shape index (κ3) is 7.14. The number of methoxy groups -OCH3 is 1. The predicted molar refractivity (Wildman–Crippen MR) is 114 cm³/mol. The molecule has 7 nitrogen and oxygen atoms in total. The first-order chi connectivity index (χ1) is 15.5. The molecule has 2 aromatic rings. The summed E-state index contributed by atoms with van der Waals surface area (Å²) < 4.78 is 61.5. The zero-order valence-electron chi connectivity index (χ0n) is 18.0. The van der Waals surface area contributed by atoms with Crippen LogP contribution in [0.3, 0.4) is 0 Å². The Morgan fingerprint density at radius 2 is 1.94 bits per heavy atom. The van der Waals surface area contributed by atoms with Crippen LogP contribution in [0.4, 0.5) is 17.6 Å². The van der Waals surface area contributed by atoms with Crippen LogP contribution in [-0.2, 0) is 25.8 Å². The molecule has 0 aliphatic carbocycles. The number of benzene rings is 2. The highest BCUT2D eigenvalue weighted by atomic mass is 79.9. The summed E-state index contributed by atoms with van der Waals surface area (Å²) in [4.78, 5) is 22.4. The largest absolute Gasteiger partial charge is 0.573 e. The first-order valence-corrected chi connectivity index (χ1v) is 10.1. The van der Waals surface area contributed by atoms with E-state index in [1.807, 2.05) is 0 Å². The number of ether oxygens (including phenoxy) is 2. The molecule has 0 spiro atoms. The fourth-order valence-corrected chi connectivity index (χ4v) is 3.42. The quantitative estimate of drug-likeness (QED) is 0.208. The van der Waals surface area contributed by atoms with Gasteiger partial charge in [0.2, 0.25) is 0 Å². The van der Waals surface area contributed by atoms with E-state index in [-0.39, 0.29) is 16.8 Å². The second-order valence-corrected chi connectivity index (χ2v) is 7.60. The molecule has 0 aliphatic heterocycles. The molecule has 33 heavy (non-hydrogen) atoms. The van der Waals surface area contributed by atoms with E-state index in [1.54, 1.807) is 25.1 Å². The number of carbonyl (C=O) groups excluding carboxylic acids is 1. The van der Waals surface area contributed by atoms with Gasteiger partial charge in [0.15, 0.2) is 6.04 Å². The van der Waals surface area contributed by atoms with Crippen LogP contribution in [0.15, 0.2) is 40.0 Å². The fraction of sp³-hybridized carbons (Fsp3) is 0.333. The van der Waals surface area contributed by atoms with Gasteiger partial charge in [-0.1, -0.05) is 39.3 Å². The number of hydrogen-bond acceptors (Lipinski definition) is 7. The van der Waals surface area contributed by atoms with Gasteiger partial charge in [-0.3, -0.25) is 0 Å². The first-order valence-electron chi connectivity index (χ1n) is 9.35. The Hall–Kier alpha value is -2.70. The third-order valence-corrected chi connectivity index (χ3v) is 4.90. The Balaban J connectivity index is 2.36. The predicted octanol–water partition coefficient (Wildman–Crippen LogP) is 5.10. The van der Waals surface area contributed by atoms with Crippen molar-refractivity contribution < 1.29 is 41.5 Å². The Morgan fingerprint density at radius 1 is 1.24 bits per heavy atom. The lowest BCUT2D eigenvalue weighted by Crippen LogP contribution is -2.30. The minimum atomic E-state index is -5.03. The van der Waals surface area contributed by atoms with Crippen LogP contribution in [0.25, 0.3) is 0 Å². The third-order valence-electron chi connectivity index (χ3n) is 4.45. The van der Waals surface area contributed by atoms with E-state index < -0.39 is 35.5 Å². The summed E-state index contributed by atoms with van der Waals surface area (Å²) >= 11 is 2.93. The van der Waals surface area contributed by atoms with Crippen LogP contribution in [0.1, 0.15) is 35.2 Å². The zero-order chi connectivity index (χ0) is 24.8. The molecule has 1 N–H and O–H groups in total. The normalized spacial score (nSPS) is 12.9. The zero-order valence-corrected chi connectivity index (χ0v) is 19.6. The highest BCUT2D eigenvalue weighted by Gasteiger charge is 2.33. The summed E-state index contributed by atoms with van der Waals surface area (Å²) in [5.74, 6) is -2.37. The molecule has 0 saturated heterocycles. The van der Waals surface area contributed by atoms with Crippen molar-refractivity contribution >= 4 is 27.6 Å². The number of hydrogen-bond donors (Lipinski definition) is 1. The second kappa shape index (κ2) is 11.4. The SMILES string of the molecule is CONC(C(=O)OC)c1cccc(C)c1CO/N=C(\C)c1c(F)cc(Br)cc1OC(F)(F)F. The number of esters is 1. The van der Waals surface area contributed by atoms with E-state index in [1.165, 1.54) is 21.1 Å². The van der Waals surface area contributed by atoms with Gasteiger partial charge in [0.05, 0.1) is 25.5 Å². The maximum atomic E-state index is 14.4. The van der Waals surface area contributed by atoms with Crippen molar-refractivity contribution in [3.63, 3.8) is 0 Å². The van der Waals surface area contributed by atoms with E-state index in [0.717, 1.165) is 17.7 Å². The van der Waals surface area contributed by atoms with Crippen molar-refractivity contribution in [1.82, 2.24) is 5.48 Å². The number of alkyl halides is 3. The van der Waals surface area contributed by atoms with E-state index in [0.29, 0.717) is 11.1 Å². The summed E-state index contributed by atoms with van der Waals surface area (Å²) in [5, 5.41) is 3.77. The van der Waals surface area contributed by atoms with E-state index in [2.05, 4.69) is 31.3 Å². The summed E-state index contributed by atoms with van der Waals surface area (Å²) in [5.41, 5.74) is 3.62. The molecule has 0 amide bonds. The van der Waals surface area contributed by atoms with Crippen molar-refractivity contribution in [2.24, 2.45) is 5.16 Å². The standard InChI is InChI=1S/C21H21BrF4N2O5/c1-11-6-5-7-14(19(28-31-4)20(29)30-3)15(11)10-32-27-12(2)18-16(23)8-13(22)9-17(18)33-21(24,25)26/h5-9,19,28H,10H2,1-4H3/b27-12+. The molecule has 1 unspecified atom stereocenters. The lowest BCUT2D eigenvalue weighted by atomic mass is 9.97. The Labute approximate surface area is 195 Å². The number of halogens is 5. The lowest BCUT2D eigenvalue weighted by Gasteiger charge is -2.20. The molecule has 0 aliphatic rings. The monoisotopic (exact) mass is 536 g/mol. The highest BCUT2D eigenvalue weighted by molar-refractivity contribution is 9.10. The van der Waals surface area contributed by atoms with Crippen molar-refractivity contribution in [1.29, 1.82) is 0 Å². The highest BCUT2D eigenvalue weighted by Crippen LogP contribution is 2.32. The number of oxime groups is 1. The molecule has 2 rings (SSSR count). The van der Waals surface area contributed by atoms with Gasteiger partial charge in [0.25, 0.3) is 0 Å². The summed E-state index contributed by atoms with van der Waals surface area (Å²) in [6, 6.07) is 6.12. The molecule has 0 fully saturated rings. The Morgan fingerprint density at radius 3 is 2.55 bits per heavy atom. The topological polar surface area (TPSA) is 78.4 Å². The minimum Gasteiger partial charge on any atom is -0.468 e. The number of nitrogens with one attached hydrogen (secondary N) is 1. The molecule has 180 valence electrons. The van der Waals surface area contributed by atoms with Crippen molar-refractivity contribution in [3.8, 4) is 5.75 Å². The van der Waals surface area contributed by atoms with Gasteiger partial charge in [-0.2, -0.15) is 5.48 Å². The van der Waals surface area contributed by atoms with Crippen LogP contribution in [0.2, 0.25) is 0 Å². The molecular formula is C21H21BrF4N2O5. The van der Waals surface area contributed by atoms with Gasteiger partial charge in [0.1, 0.15) is 18.2 Å².